The van der Waals surface area contributed by atoms with Crippen molar-refractivity contribution in [3.05, 3.63) is 192 Å². The van der Waals surface area contributed by atoms with Crippen LogP contribution in [-0.2, 0) is 47.5 Å². The number of sulfonamides is 2. The second-order valence-electron chi connectivity index (χ2n) is 18.2. The number of nitrogens with one attached hydrogen (secondary N) is 2. The SMILES string of the molecule is COC(=O)C[C@H](C)N(Cc1cccc(C)c1)c1ccc(NS(=O)(=O)c2ccc(OC)cc2)c2ccccc12.COc1ccc(S(=O)(=O)Nc2ccc(N(Cc3cccc(C)c3)[C@@H](C)CC(=O)O)c3ccccc23)cc1.[Li+].[OH-]. The van der Waals surface area contributed by atoms with Crippen molar-refractivity contribution >= 4 is 76.3 Å². The zero-order valence-corrected chi connectivity index (χ0v) is 46.1. The van der Waals surface area contributed by atoms with Crippen LogP contribution in [0.4, 0.5) is 22.7 Å². The fraction of sp³-hybridized carbons (Fsp3) is 0.220. The van der Waals surface area contributed by atoms with Gasteiger partial charge in [-0.05, 0) is 112 Å². The Balaban J connectivity index is 0.000000277. The Morgan fingerprint density at radius 3 is 1.25 bits per heavy atom. The quantitative estimate of drug-likeness (QED) is 0.0483. The van der Waals surface area contributed by atoms with Crippen molar-refractivity contribution in [2.45, 2.75) is 75.5 Å². The van der Waals surface area contributed by atoms with Crippen molar-refractivity contribution in [3.63, 3.8) is 0 Å². The summed E-state index contributed by atoms with van der Waals surface area (Å²) in [6.45, 7) is 9.02. The molecular formula is C59H63LiN4O11S2. The summed E-state index contributed by atoms with van der Waals surface area (Å²) < 4.78 is 73.3. The monoisotopic (exact) mass is 1070 g/mol. The van der Waals surface area contributed by atoms with Crippen LogP contribution in [0.3, 0.4) is 0 Å². The van der Waals surface area contributed by atoms with Gasteiger partial charge in [-0.3, -0.25) is 19.0 Å². The van der Waals surface area contributed by atoms with E-state index in [0.29, 0.717) is 41.3 Å². The largest absolute Gasteiger partial charge is 1.00 e. The topological polar surface area (TPSA) is 211 Å². The molecular weight excluding hydrogens is 1010 g/mol. The average Bonchev–Trinajstić information content (AvgIpc) is 3.40. The summed E-state index contributed by atoms with van der Waals surface area (Å²) in [5.41, 5.74) is 7.07. The van der Waals surface area contributed by atoms with Crippen molar-refractivity contribution in [2.75, 3.05) is 40.6 Å². The van der Waals surface area contributed by atoms with Gasteiger partial charge in [0.15, 0.2) is 0 Å². The van der Waals surface area contributed by atoms with Crippen molar-refractivity contribution in [2.24, 2.45) is 0 Å². The van der Waals surface area contributed by atoms with Crippen LogP contribution in [0.15, 0.2) is 180 Å². The zero-order valence-electron chi connectivity index (χ0n) is 44.4. The average molecular weight is 1080 g/mol. The van der Waals surface area contributed by atoms with Gasteiger partial charge in [-0.1, -0.05) is 108 Å². The fourth-order valence-corrected chi connectivity index (χ4v) is 11.1. The van der Waals surface area contributed by atoms with E-state index in [9.17, 15) is 31.5 Å². The zero-order chi connectivity index (χ0) is 53.9. The number of methoxy groups -OCH3 is 3. The minimum atomic E-state index is -3.85. The second kappa shape index (κ2) is 27.0. The summed E-state index contributed by atoms with van der Waals surface area (Å²) in [5, 5.41) is 12.7. The molecule has 8 aromatic carbocycles. The minimum absolute atomic E-state index is 0. The number of carbonyl (C=O) groups excluding carboxylic acids is 1. The van der Waals surface area contributed by atoms with Crippen LogP contribution in [0.25, 0.3) is 21.5 Å². The third-order valence-corrected chi connectivity index (χ3v) is 15.5. The number of hydrogen-bond acceptors (Lipinski definition) is 12. The van der Waals surface area contributed by atoms with Crippen LogP contribution in [-0.4, -0.2) is 72.8 Å². The predicted octanol–water partition coefficient (Wildman–Crippen LogP) is 8.57. The third kappa shape index (κ3) is 15.3. The van der Waals surface area contributed by atoms with E-state index in [1.54, 1.807) is 36.4 Å². The van der Waals surface area contributed by atoms with Gasteiger partial charge in [-0.25, -0.2) is 16.8 Å². The number of aryl methyl sites for hydroxylation is 2. The molecule has 4 N–H and O–H groups in total. The molecule has 0 amide bonds. The summed E-state index contributed by atoms with van der Waals surface area (Å²) in [4.78, 5) is 28.3. The van der Waals surface area contributed by atoms with E-state index >= 15 is 0 Å². The molecule has 398 valence electrons. The molecule has 0 radical (unpaired) electrons. The van der Waals surface area contributed by atoms with Gasteiger partial charge in [0, 0.05) is 58.1 Å². The Morgan fingerprint density at radius 2 is 0.896 bits per heavy atom. The van der Waals surface area contributed by atoms with E-state index < -0.39 is 26.0 Å². The Morgan fingerprint density at radius 1 is 0.519 bits per heavy atom. The van der Waals surface area contributed by atoms with Crippen molar-refractivity contribution in [3.8, 4) is 11.5 Å². The number of rotatable bonds is 20. The number of carboxylic acids is 1. The summed E-state index contributed by atoms with van der Waals surface area (Å²) in [6, 6.07) is 50.7. The number of carboxylic acid groups (broad SMARTS) is 1. The van der Waals surface area contributed by atoms with E-state index in [1.165, 1.54) is 45.6 Å². The Kier molecular flexibility index (Phi) is 21.2. The molecule has 8 rings (SSSR count). The Bertz CT molecular complexity index is 3530. The molecule has 0 unspecified atom stereocenters. The molecule has 8 aromatic rings. The van der Waals surface area contributed by atoms with Gasteiger partial charge in [0.1, 0.15) is 11.5 Å². The summed E-state index contributed by atoms with van der Waals surface area (Å²) >= 11 is 0. The van der Waals surface area contributed by atoms with Crippen LogP contribution < -0.4 is 47.6 Å². The Labute approximate surface area is 463 Å². The smallest absolute Gasteiger partial charge is 0.870 e. The van der Waals surface area contributed by atoms with Gasteiger partial charge >= 0.3 is 30.8 Å². The van der Waals surface area contributed by atoms with Crippen LogP contribution in [0.5, 0.6) is 11.5 Å². The maximum atomic E-state index is 13.2. The molecule has 0 saturated heterocycles. The molecule has 0 bridgehead atoms. The molecule has 15 nitrogen and oxygen atoms in total. The number of aliphatic carboxylic acids is 1. The van der Waals surface area contributed by atoms with Gasteiger partial charge in [-0.2, -0.15) is 0 Å². The number of carbonyl (C=O) groups is 2. The van der Waals surface area contributed by atoms with Crippen LogP contribution in [0, 0.1) is 13.8 Å². The van der Waals surface area contributed by atoms with Gasteiger partial charge in [-0.15, -0.1) is 0 Å². The number of ether oxygens (including phenoxy) is 3. The number of fused-ring (bicyclic) bond motifs is 2. The van der Waals surface area contributed by atoms with Crippen molar-refractivity contribution in [1.29, 1.82) is 0 Å². The third-order valence-electron chi connectivity index (χ3n) is 12.7. The standard InChI is InChI=1S/C30H32N2O5S.C29H30N2O5S.Li.H2O/c1-21-8-7-9-23(18-21)20-32(22(2)19-30(33)37-4)29-17-16-28(26-10-5-6-11-27(26)29)31-38(34,35)25-14-12-24(36-3)13-15-25;1-20-7-6-8-22(17-20)19-31(21(2)18-29(32)33)28-16-15-27(25-9-4-5-10-26(25)28)30-37(34,35)24-13-11-23(36-3)12-14-24;;/h5-18,22,31H,19-20H2,1-4H3;4-17,21,30H,18-19H2,1-3H3,(H,32,33);;1H2/q;;+1;/p-1/t22-;21-;;/m00../s1. The molecule has 18 heteroatoms. The first-order valence-corrected chi connectivity index (χ1v) is 27.2. The molecule has 0 aliphatic rings. The maximum absolute atomic E-state index is 13.2. The molecule has 77 heavy (non-hydrogen) atoms. The van der Waals surface area contributed by atoms with E-state index in [2.05, 4.69) is 37.4 Å². The molecule has 0 fully saturated rings. The fourth-order valence-electron chi connectivity index (χ4n) is 8.93. The van der Waals surface area contributed by atoms with Crippen LogP contribution in [0.1, 0.15) is 48.9 Å². The van der Waals surface area contributed by atoms with Gasteiger partial charge in [0.2, 0.25) is 0 Å². The van der Waals surface area contributed by atoms with Crippen molar-refractivity contribution in [1.82, 2.24) is 0 Å². The van der Waals surface area contributed by atoms with E-state index in [1.807, 2.05) is 119 Å². The van der Waals surface area contributed by atoms with E-state index in [4.69, 9.17) is 14.2 Å². The first-order chi connectivity index (χ1) is 35.9. The van der Waals surface area contributed by atoms with Gasteiger partial charge in [0.25, 0.3) is 20.0 Å². The molecule has 0 aromatic heterocycles. The maximum Gasteiger partial charge on any atom is 1.00 e. The Hall–Kier alpha value is -7.52. The molecule has 0 heterocycles. The van der Waals surface area contributed by atoms with E-state index in [-0.39, 0.29) is 65.0 Å². The number of benzene rings is 8. The van der Waals surface area contributed by atoms with Crippen LogP contribution in [0.2, 0.25) is 0 Å². The summed E-state index contributed by atoms with van der Waals surface area (Å²) in [5.74, 6) is -0.0266. The molecule has 2 atom stereocenters. The van der Waals surface area contributed by atoms with E-state index in [0.717, 1.165) is 49.8 Å². The normalized spacial score (nSPS) is 11.8. The molecule has 0 aliphatic heterocycles. The second-order valence-corrected chi connectivity index (χ2v) is 21.6. The number of nitrogens with zero attached hydrogens (tertiary/aromatic N) is 2. The number of anilines is 4. The van der Waals surface area contributed by atoms with Crippen molar-refractivity contribution < 1.29 is 70.1 Å². The first-order valence-electron chi connectivity index (χ1n) is 24.2. The first kappa shape index (κ1) is 60.3. The summed E-state index contributed by atoms with van der Waals surface area (Å²) in [6.07, 6.45) is 0.175. The summed E-state index contributed by atoms with van der Waals surface area (Å²) in [7, 11) is -3.24. The predicted molar refractivity (Wildman–Crippen MR) is 300 cm³/mol. The number of hydrogen-bond donors (Lipinski definition) is 3. The number of esters is 1. The molecule has 0 aliphatic carbocycles. The van der Waals surface area contributed by atoms with Gasteiger partial charge in [0.05, 0.1) is 55.3 Å². The van der Waals surface area contributed by atoms with Crippen LogP contribution >= 0.6 is 0 Å². The molecule has 0 saturated carbocycles. The minimum Gasteiger partial charge on any atom is -0.870 e. The van der Waals surface area contributed by atoms with Gasteiger partial charge < -0.3 is 34.6 Å². The molecule has 0 spiro atoms.